The van der Waals surface area contributed by atoms with E-state index in [4.69, 9.17) is 15.7 Å². The van der Waals surface area contributed by atoms with Crippen LogP contribution in [0.5, 0.6) is 0 Å². The van der Waals surface area contributed by atoms with Crippen LogP contribution in [0, 0.1) is 0 Å². The van der Waals surface area contributed by atoms with Crippen LogP contribution >= 0.6 is 11.6 Å². The summed E-state index contributed by atoms with van der Waals surface area (Å²) in [6.07, 6.45) is 0.937. The van der Waals surface area contributed by atoms with E-state index in [1.165, 1.54) is 0 Å². The molecule has 0 amide bonds. The van der Waals surface area contributed by atoms with Gasteiger partial charge in [-0.3, -0.25) is 0 Å². The van der Waals surface area contributed by atoms with Crippen LogP contribution in [0.25, 0.3) is 0 Å². The van der Waals surface area contributed by atoms with Crippen LogP contribution in [0.15, 0.2) is 0 Å². The molecule has 0 spiro atoms. The van der Waals surface area contributed by atoms with Crippen molar-refractivity contribution in [3.8, 4) is 0 Å². The van der Waals surface area contributed by atoms with Gasteiger partial charge in [0.05, 0.1) is 27.7 Å². The average molecular weight is 319 g/mol. The molecule has 0 saturated heterocycles. The lowest BCUT2D eigenvalue weighted by molar-refractivity contribution is -0.870. The Morgan fingerprint density at radius 1 is 0.944 bits per heavy atom. The standard InChI is InChI=1S/C9H25ClNO5Si2/c1-11(2,3)7-5-9-18(14,15)16-17(12,13)8-4-6-10/h12-15H,4-9H2,1-3H3/q+1. The zero-order valence-corrected chi connectivity index (χ0v) is 14.0. The molecular weight excluding hydrogens is 294 g/mol. The Morgan fingerprint density at radius 2 is 1.39 bits per heavy atom. The highest BCUT2D eigenvalue weighted by atomic mass is 35.5. The largest absolute Gasteiger partial charge is 0.488 e. The van der Waals surface area contributed by atoms with Gasteiger partial charge in [0, 0.05) is 24.4 Å². The third-order valence-corrected chi connectivity index (χ3v) is 7.19. The van der Waals surface area contributed by atoms with Crippen molar-refractivity contribution < 1.29 is 27.8 Å². The van der Waals surface area contributed by atoms with Gasteiger partial charge in [0.1, 0.15) is 0 Å². The highest BCUT2D eigenvalue weighted by molar-refractivity contribution is 6.72. The highest BCUT2D eigenvalue weighted by Gasteiger charge is 2.44. The van der Waals surface area contributed by atoms with Gasteiger partial charge in [-0.15, -0.1) is 11.6 Å². The van der Waals surface area contributed by atoms with Gasteiger partial charge in [-0.25, -0.2) is 0 Å². The molecule has 0 unspecified atom stereocenters. The molecule has 0 fully saturated rings. The fraction of sp³-hybridized carbons (Fsp3) is 1.00. The maximum atomic E-state index is 9.69. The summed E-state index contributed by atoms with van der Waals surface area (Å²) in [6, 6.07) is 0.0565. The van der Waals surface area contributed by atoms with Crippen LogP contribution in [0.1, 0.15) is 12.8 Å². The van der Waals surface area contributed by atoms with Crippen molar-refractivity contribution in [3.63, 3.8) is 0 Å². The van der Waals surface area contributed by atoms with Crippen LogP contribution < -0.4 is 0 Å². The number of nitrogens with zero attached hydrogens (tertiary/aromatic N) is 1. The maximum absolute atomic E-state index is 9.69. The summed E-state index contributed by atoms with van der Waals surface area (Å²) in [5.41, 5.74) is 0. The summed E-state index contributed by atoms with van der Waals surface area (Å²) in [7, 11) is -1.97. The molecule has 0 bridgehead atoms. The van der Waals surface area contributed by atoms with Gasteiger partial charge in [0.15, 0.2) is 0 Å². The van der Waals surface area contributed by atoms with E-state index in [2.05, 4.69) is 0 Å². The van der Waals surface area contributed by atoms with Gasteiger partial charge in [-0.1, -0.05) is 0 Å². The Kier molecular flexibility index (Phi) is 7.51. The number of hydrogen-bond donors (Lipinski definition) is 4. The minimum Gasteiger partial charge on any atom is -0.390 e. The molecule has 0 aliphatic carbocycles. The lowest BCUT2D eigenvalue weighted by atomic mass is 10.4. The first kappa shape index (κ1) is 18.5. The number of quaternary nitrogens is 1. The zero-order valence-electron chi connectivity index (χ0n) is 11.3. The van der Waals surface area contributed by atoms with Crippen LogP contribution in [0.3, 0.4) is 0 Å². The molecule has 18 heavy (non-hydrogen) atoms. The Morgan fingerprint density at radius 3 is 1.78 bits per heavy atom. The molecule has 0 saturated carbocycles. The summed E-state index contributed by atoms with van der Waals surface area (Å²) >= 11 is 5.44. The summed E-state index contributed by atoms with van der Waals surface area (Å²) in [5, 5.41) is 0. The van der Waals surface area contributed by atoms with Crippen molar-refractivity contribution in [2.24, 2.45) is 0 Å². The molecule has 0 aromatic rings. The van der Waals surface area contributed by atoms with Crippen LogP contribution in [0.2, 0.25) is 12.1 Å². The van der Waals surface area contributed by atoms with E-state index < -0.39 is 17.6 Å². The van der Waals surface area contributed by atoms with Crippen LogP contribution in [-0.4, -0.2) is 74.8 Å². The van der Waals surface area contributed by atoms with Crippen molar-refractivity contribution in [1.29, 1.82) is 0 Å². The van der Waals surface area contributed by atoms with Crippen molar-refractivity contribution >= 4 is 29.2 Å². The molecular formula is C9H25ClNO5Si2+. The van der Waals surface area contributed by atoms with E-state index in [9.17, 15) is 19.2 Å². The molecule has 0 heterocycles. The lowest BCUT2D eigenvalue weighted by Gasteiger charge is -2.27. The minimum atomic E-state index is -3.98. The number of hydrogen-bond acceptors (Lipinski definition) is 5. The number of rotatable bonds is 9. The second-order valence-corrected chi connectivity index (χ2v) is 10.7. The van der Waals surface area contributed by atoms with Crippen molar-refractivity contribution in [2.45, 2.75) is 24.9 Å². The van der Waals surface area contributed by atoms with Crippen LogP contribution in [-0.2, 0) is 4.12 Å². The molecule has 0 atom stereocenters. The third-order valence-electron chi connectivity index (χ3n) is 2.29. The van der Waals surface area contributed by atoms with E-state index in [1.54, 1.807) is 0 Å². The van der Waals surface area contributed by atoms with Gasteiger partial charge in [0.2, 0.25) is 0 Å². The first-order chi connectivity index (χ1) is 7.97. The van der Waals surface area contributed by atoms with Gasteiger partial charge >= 0.3 is 17.6 Å². The number of halogens is 1. The summed E-state index contributed by atoms with van der Waals surface area (Å²) in [4.78, 5) is 38.5. The molecule has 0 aliphatic heterocycles. The van der Waals surface area contributed by atoms with Crippen molar-refractivity contribution in [1.82, 2.24) is 0 Å². The Balaban J connectivity index is 4.12. The summed E-state index contributed by atoms with van der Waals surface area (Å²) < 4.78 is 5.48. The normalized spacial score (nSPS) is 14.0. The highest BCUT2D eigenvalue weighted by Crippen LogP contribution is 2.17. The van der Waals surface area contributed by atoms with Gasteiger partial charge in [-0.05, 0) is 6.42 Å². The molecule has 0 radical (unpaired) electrons. The quantitative estimate of drug-likeness (QED) is 0.263. The van der Waals surface area contributed by atoms with Crippen molar-refractivity contribution in [2.75, 3.05) is 33.6 Å². The topological polar surface area (TPSA) is 90.2 Å². The van der Waals surface area contributed by atoms with Gasteiger partial charge in [0.25, 0.3) is 0 Å². The van der Waals surface area contributed by atoms with E-state index in [0.29, 0.717) is 17.3 Å². The lowest BCUT2D eigenvalue weighted by Crippen LogP contribution is -2.53. The fourth-order valence-electron chi connectivity index (χ4n) is 1.44. The van der Waals surface area contributed by atoms with E-state index in [-0.39, 0.29) is 18.0 Å². The molecule has 4 N–H and O–H groups in total. The van der Waals surface area contributed by atoms with Gasteiger partial charge in [-0.2, -0.15) is 0 Å². The van der Waals surface area contributed by atoms with Crippen LogP contribution in [0.4, 0.5) is 0 Å². The Labute approximate surface area is 116 Å². The van der Waals surface area contributed by atoms with Crippen molar-refractivity contribution in [3.05, 3.63) is 0 Å². The molecule has 110 valence electrons. The molecule has 6 nitrogen and oxygen atoms in total. The SMILES string of the molecule is C[N+](C)(C)CCC[Si](O)(O)O[Si](O)(O)CCCCl. The Hall–Kier alpha value is 0.484. The molecule has 0 aromatic carbocycles. The Bertz CT molecular complexity index is 248. The fourth-order valence-corrected chi connectivity index (χ4v) is 5.97. The molecule has 9 heteroatoms. The van der Waals surface area contributed by atoms with E-state index >= 15 is 0 Å². The van der Waals surface area contributed by atoms with Gasteiger partial charge < -0.3 is 27.8 Å². The second-order valence-electron chi connectivity index (χ2n) is 5.50. The summed E-state index contributed by atoms with van der Waals surface area (Å²) in [5.74, 6) is 0.284. The van der Waals surface area contributed by atoms with E-state index in [1.807, 2.05) is 21.1 Å². The summed E-state index contributed by atoms with van der Waals surface area (Å²) in [6.45, 7) is 0.756. The predicted octanol–water partition coefficient (Wildman–Crippen LogP) is -0.425. The third kappa shape index (κ3) is 10.4. The molecule has 0 aliphatic rings. The minimum absolute atomic E-state index is 0.0122. The first-order valence-electron chi connectivity index (χ1n) is 5.93. The number of alkyl halides is 1. The maximum Gasteiger partial charge on any atom is 0.488 e. The molecule has 0 rings (SSSR count). The smallest absolute Gasteiger partial charge is 0.390 e. The van der Waals surface area contributed by atoms with E-state index in [0.717, 1.165) is 6.54 Å². The molecule has 0 aromatic heterocycles. The second kappa shape index (κ2) is 7.32. The predicted molar refractivity (Wildman–Crippen MR) is 73.9 cm³/mol. The monoisotopic (exact) mass is 318 g/mol. The zero-order chi connectivity index (χ0) is 14.4. The average Bonchev–Trinajstić information content (AvgIpc) is 2.10. The first-order valence-corrected chi connectivity index (χ1v) is 10.5.